The first-order chi connectivity index (χ1) is 10.2. The van der Waals surface area contributed by atoms with E-state index in [1.807, 2.05) is 23.9 Å². The normalized spacial score (nSPS) is 22.6. The van der Waals surface area contributed by atoms with Gasteiger partial charge in [0.25, 0.3) is 5.91 Å². The summed E-state index contributed by atoms with van der Waals surface area (Å²) < 4.78 is 1.81. The Kier molecular flexibility index (Phi) is 3.67. The van der Waals surface area contributed by atoms with Crippen molar-refractivity contribution in [3.8, 4) is 0 Å². The molecule has 2 N–H and O–H groups in total. The van der Waals surface area contributed by atoms with Gasteiger partial charge in [-0.3, -0.25) is 14.4 Å². The number of nitrogens with one attached hydrogen (secondary N) is 2. The largest absolute Gasteiger partial charge is 0.325 e. The molecule has 0 aliphatic carbocycles. The number of piperidine rings is 1. The highest BCUT2D eigenvalue weighted by Crippen LogP contribution is 2.28. The zero-order chi connectivity index (χ0) is 14.9. The topological polar surface area (TPSA) is 79.3 Å². The fraction of sp³-hybridized carbons (Fsp3) is 0.643. The van der Waals surface area contributed by atoms with Gasteiger partial charge in [-0.25, -0.2) is 4.79 Å². The van der Waals surface area contributed by atoms with Gasteiger partial charge in [-0.2, -0.15) is 5.10 Å². The van der Waals surface area contributed by atoms with Crippen molar-refractivity contribution >= 4 is 11.9 Å². The van der Waals surface area contributed by atoms with Crippen molar-refractivity contribution in [2.75, 3.05) is 19.6 Å². The van der Waals surface area contributed by atoms with Crippen LogP contribution in [0.2, 0.25) is 0 Å². The SMILES string of the molecule is CC[C@H](CN1C(=O)NC2(CCNCC2)C1=O)n1cccn1. The average Bonchev–Trinajstić information content (AvgIpc) is 3.08. The van der Waals surface area contributed by atoms with E-state index in [1.54, 1.807) is 6.20 Å². The Morgan fingerprint density at radius 2 is 2.14 bits per heavy atom. The van der Waals surface area contributed by atoms with Crippen LogP contribution in [0.3, 0.4) is 0 Å². The molecule has 2 fully saturated rings. The second-order valence-electron chi connectivity index (χ2n) is 5.73. The number of amides is 3. The molecule has 21 heavy (non-hydrogen) atoms. The molecule has 7 heteroatoms. The summed E-state index contributed by atoms with van der Waals surface area (Å²) in [6.07, 6.45) is 5.71. The monoisotopic (exact) mass is 291 g/mol. The highest BCUT2D eigenvalue weighted by atomic mass is 16.2. The fourth-order valence-electron chi connectivity index (χ4n) is 3.14. The number of aromatic nitrogens is 2. The van der Waals surface area contributed by atoms with Gasteiger partial charge < -0.3 is 10.6 Å². The Balaban J connectivity index is 1.76. The van der Waals surface area contributed by atoms with E-state index in [4.69, 9.17) is 0 Å². The Morgan fingerprint density at radius 3 is 2.76 bits per heavy atom. The van der Waals surface area contributed by atoms with Crippen molar-refractivity contribution in [2.24, 2.45) is 0 Å². The van der Waals surface area contributed by atoms with Crippen LogP contribution in [0.25, 0.3) is 0 Å². The highest BCUT2D eigenvalue weighted by molar-refractivity contribution is 6.07. The maximum absolute atomic E-state index is 12.7. The predicted molar refractivity (Wildman–Crippen MR) is 76.6 cm³/mol. The molecule has 1 spiro atoms. The number of hydrogen-bond acceptors (Lipinski definition) is 4. The molecule has 3 heterocycles. The number of imide groups is 1. The Bertz CT molecular complexity index is 521. The van der Waals surface area contributed by atoms with Crippen LogP contribution in [0.5, 0.6) is 0 Å². The average molecular weight is 291 g/mol. The van der Waals surface area contributed by atoms with Crippen LogP contribution >= 0.6 is 0 Å². The lowest BCUT2D eigenvalue weighted by Crippen LogP contribution is -2.54. The van der Waals surface area contributed by atoms with Crippen molar-refractivity contribution in [2.45, 2.75) is 37.8 Å². The van der Waals surface area contributed by atoms with Gasteiger partial charge in [-0.15, -0.1) is 0 Å². The summed E-state index contributed by atoms with van der Waals surface area (Å²) in [7, 11) is 0. The lowest BCUT2D eigenvalue weighted by molar-refractivity contribution is -0.132. The third-order valence-electron chi connectivity index (χ3n) is 4.47. The zero-order valence-corrected chi connectivity index (χ0v) is 12.2. The molecule has 7 nitrogen and oxygen atoms in total. The summed E-state index contributed by atoms with van der Waals surface area (Å²) in [4.78, 5) is 26.3. The summed E-state index contributed by atoms with van der Waals surface area (Å²) in [5.41, 5.74) is -0.690. The van der Waals surface area contributed by atoms with E-state index in [2.05, 4.69) is 15.7 Å². The number of carbonyl (C=O) groups is 2. The standard InChI is InChI=1S/C14H21N5O2/c1-2-11(19-9-3-6-16-19)10-18-12(20)14(17-13(18)21)4-7-15-8-5-14/h3,6,9,11,15H,2,4-5,7-8,10H2,1H3,(H,17,21)/t11-/m1/s1. The molecule has 0 aromatic carbocycles. The van der Waals surface area contributed by atoms with Crippen LogP contribution in [0.4, 0.5) is 4.79 Å². The minimum Gasteiger partial charge on any atom is -0.323 e. The molecule has 2 aliphatic heterocycles. The van der Waals surface area contributed by atoms with Crippen LogP contribution in [0.1, 0.15) is 32.2 Å². The molecule has 0 bridgehead atoms. The van der Waals surface area contributed by atoms with Crippen molar-refractivity contribution in [3.05, 3.63) is 18.5 Å². The molecule has 1 aromatic rings. The van der Waals surface area contributed by atoms with E-state index < -0.39 is 5.54 Å². The minimum absolute atomic E-state index is 0.0200. The van der Waals surface area contributed by atoms with Crippen LogP contribution in [-0.4, -0.2) is 51.8 Å². The Morgan fingerprint density at radius 1 is 1.38 bits per heavy atom. The third kappa shape index (κ3) is 2.42. The first-order valence-electron chi connectivity index (χ1n) is 7.50. The second kappa shape index (κ2) is 5.48. The van der Waals surface area contributed by atoms with Gasteiger partial charge in [0.1, 0.15) is 5.54 Å². The molecular formula is C14H21N5O2. The van der Waals surface area contributed by atoms with Gasteiger partial charge in [0.05, 0.1) is 12.6 Å². The number of nitrogens with zero attached hydrogens (tertiary/aromatic N) is 3. The summed E-state index contributed by atoms with van der Waals surface area (Å²) in [5.74, 6) is -0.0837. The van der Waals surface area contributed by atoms with Crippen LogP contribution in [-0.2, 0) is 4.79 Å². The Hall–Kier alpha value is -1.89. The number of hydrogen-bond donors (Lipinski definition) is 2. The first-order valence-corrected chi connectivity index (χ1v) is 7.50. The minimum atomic E-state index is -0.690. The predicted octanol–water partition coefficient (Wildman–Crippen LogP) is 0.508. The fourth-order valence-corrected chi connectivity index (χ4v) is 3.14. The number of rotatable bonds is 4. The molecule has 2 aliphatic rings. The molecule has 0 radical (unpaired) electrons. The number of carbonyl (C=O) groups excluding carboxylic acids is 2. The van der Waals surface area contributed by atoms with Crippen molar-refractivity contribution in [3.63, 3.8) is 0 Å². The summed E-state index contributed by atoms with van der Waals surface area (Å²) >= 11 is 0. The summed E-state index contributed by atoms with van der Waals surface area (Å²) in [6.45, 7) is 3.93. The maximum Gasteiger partial charge on any atom is 0.325 e. The van der Waals surface area contributed by atoms with Crippen LogP contribution in [0, 0.1) is 0 Å². The Labute approximate surface area is 123 Å². The van der Waals surface area contributed by atoms with E-state index >= 15 is 0 Å². The molecule has 1 aromatic heterocycles. The van der Waals surface area contributed by atoms with Gasteiger partial charge >= 0.3 is 6.03 Å². The lowest BCUT2D eigenvalue weighted by atomic mass is 9.88. The van der Waals surface area contributed by atoms with Gasteiger partial charge in [-0.1, -0.05) is 6.92 Å². The lowest BCUT2D eigenvalue weighted by Gasteiger charge is -2.31. The van der Waals surface area contributed by atoms with Crippen molar-refractivity contribution < 1.29 is 9.59 Å². The first kappa shape index (κ1) is 14.1. The third-order valence-corrected chi connectivity index (χ3v) is 4.47. The van der Waals surface area contributed by atoms with E-state index in [-0.39, 0.29) is 18.0 Å². The van der Waals surface area contributed by atoms with Gasteiger partial charge in [0.15, 0.2) is 0 Å². The molecule has 3 amide bonds. The molecule has 3 rings (SSSR count). The van der Waals surface area contributed by atoms with Gasteiger partial charge in [0, 0.05) is 12.4 Å². The van der Waals surface area contributed by atoms with Gasteiger partial charge in [-0.05, 0) is 38.4 Å². The summed E-state index contributed by atoms with van der Waals surface area (Å²) in [5, 5.41) is 10.4. The maximum atomic E-state index is 12.7. The van der Waals surface area contributed by atoms with E-state index in [0.29, 0.717) is 19.4 Å². The quantitative estimate of drug-likeness (QED) is 0.792. The van der Waals surface area contributed by atoms with E-state index in [1.165, 1.54) is 4.90 Å². The van der Waals surface area contributed by atoms with Crippen LogP contribution in [0.15, 0.2) is 18.5 Å². The second-order valence-corrected chi connectivity index (χ2v) is 5.73. The highest BCUT2D eigenvalue weighted by Gasteiger charge is 2.51. The van der Waals surface area contributed by atoms with Gasteiger partial charge in [0.2, 0.25) is 0 Å². The molecule has 2 saturated heterocycles. The smallest absolute Gasteiger partial charge is 0.323 e. The molecule has 1 atom stereocenters. The van der Waals surface area contributed by atoms with E-state index in [0.717, 1.165) is 19.5 Å². The molecular weight excluding hydrogens is 270 g/mol. The summed E-state index contributed by atoms with van der Waals surface area (Å²) in [6, 6.07) is 1.60. The zero-order valence-electron chi connectivity index (χ0n) is 12.2. The van der Waals surface area contributed by atoms with E-state index in [9.17, 15) is 9.59 Å². The molecule has 0 unspecified atom stereocenters. The van der Waals surface area contributed by atoms with Crippen LogP contribution < -0.4 is 10.6 Å². The molecule has 114 valence electrons. The molecule has 0 saturated carbocycles. The van der Waals surface area contributed by atoms with Crippen molar-refractivity contribution in [1.82, 2.24) is 25.3 Å². The van der Waals surface area contributed by atoms with Crippen molar-refractivity contribution in [1.29, 1.82) is 0 Å². The number of urea groups is 1.